The number of amides is 1. The van der Waals surface area contributed by atoms with Gasteiger partial charge >= 0.3 is 5.97 Å². The van der Waals surface area contributed by atoms with E-state index in [1.807, 2.05) is 0 Å². The van der Waals surface area contributed by atoms with E-state index in [4.69, 9.17) is 5.11 Å². The molecular formula is C13H24N2O3. The second-order valence-electron chi connectivity index (χ2n) is 4.89. The van der Waals surface area contributed by atoms with E-state index in [0.29, 0.717) is 38.5 Å². The quantitative estimate of drug-likeness (QED) is 0.746. The maximum absolute atomic E-state index is 11.9. The van der Waals surface area contributed by atoms with Crippen molar-refractivity contribution in [3.8, 4) is 0 Å². The average molecular weight is 256 g/mol. The predicted octanol–water partition coefficient (Wildman–Crippen LogP) is 1.09. The highest BCUT2D eigenvalue weighted by Gasteiger charge is 2.26. The van der Waals surface area contributed by atoms with Crippen LogP contribution in [0.4, 0.5) is 0 Å². The zero-order chi connectivity index (χ0) is 13.5. The number of aliphatic carboxylic acids is 1. The van der Waals surface area contributed by atoms with Crippen LogP contribution in [0.25, 0.3) is 0 Å². The van der Waals surface area contributed by atoms with E-state index < -0.39 is 5.97 Å². The number of carbonyl (C=O) groups is 2. The highest BCUT2D eigenvalue weighted by molar-refractivity contribution is 5.79. The average Bonchev–Trinajstić information content (AvgIpc) is 2.39. The van der Waals surface area contributed by atoms with Crippen molar-refractivity contribution in [3.05, 3.63) is 0 Å². The fraction of sp³-hybridized carbons (Fsp3) is 0.846. The summed E-state index contributed by atoms with van der Waals surface area (Å²) in [7, 11) is 0. The molecule has 0 unspecified atom stereocenters. The normalized spacial score (nSPS) is 17.2. The Bertz CT molecular complexity index is 282. The molecule has 0 aromatic rings. The van der Waals surface area contributed by atoms with E-state index in [1.165, 1.54) is 0 Å². The van der Waals surface area contributed by atoms with Crippen LogP contribution in [-0.4, -0.2) is 47.6 Å². The number of hydrogen-bond donors (Lipinski definition) is 2. The van der Waals surface area contributed by atoms with Gasteiger partial charge in [-0.2, -0.15) is 0 Å². The smallest absolute Gasteiger partial charge is 0.306 e. The summed E-state index contributed by atoms with van der Waals surface area (Å²) in [4.78, 5) is 24.5. The minimum atomic E-state index is -0.739. The summed E-state index contributed by atoms with van der Waals surface area (Å²) in [6, 6.07) is 0.394. The van der Waals surface area contributed by atoms with E-state index in [1.54, 1.807) is 4.90 Å². The van der Waals surface area contributed by atoms with Crippen LogP contribution < -0.4 is 5.32 Å². The van der Waals surface area contributed by atoms with Gasteiger partial charge in [0.05, 0.1) is 12.5 Å². The molecule has 1 aliphatic rings. The fourth-order valence-electron chi connectivity index (χ4n) is 2.30. The van der Waals surface area contributed by atoms with Crippen molar-refractivity contribution in [1.82, 2.24) is 10.2 Å². The summed E-state index contributed by atoms with van der Waals surface area (Å²) in [5.74, 6) is -0.927. The molecule has 0 radical (unpaired) electrons. The van der Waals surface area contributed by atoms with Gasteiger partial charge in [0.1, 0.15) is 0 Å². The molecule has 1 rings (SSSR count). The van der Waals surface area contributed by atoms with Gasteiger partial charge in [0.15, 0.2) is 0 Å². The Kier molecular flexibility index (Phi) is 6.12. The molecule has 1 saturated heterocycles. The standard InChI is InChI=1S/C13H24N2O3/c1-3-11(4-2)14-9-12(16)15-7-5-10(6-8-15)13(17)18/h10-11,14H,3-9H2,1-2H3,(H,17,18). The van der Waals surface area contributed by atoms with Crippen LogP contribution in [0.1, 0.15) is 39.5 Å². The molecule has 0 bridgehead atoms. The molecule has 0 aliphatic carbocycles. The first-order chi connectivity index (χ1) is 8.58. The molecule has 0 aromatic heterocycles. The van der Waals surface area contributed by atoms with Gasteiger partial charge in [-0.05, 0) is 25.7 Å². The van der Waals surface area contributed by atoms with Gasteiger partial charge in [0, 0.05) is 19.1 Å². The van der Waals surface area contributed by atoms with Crippen LogP contribution in [-0.2, 0) is 9.59 Å². The number of nitrogens with one attached hydrogen (secondary N) is 1. The van der Waals surface area contributed by atoms with Crippen molar-refractivity contribution < 1.29 is 14.7 Å². The first kappa shape index (κ1) is 15.0. The van der Waals surface area contributed by atoms with Crippen molar-refractivity contribution in [3.63, 3.8) is 0 Å². The minimum Gasteiger partial charge on any atom is -0.481 e. The van der Waals surface area contributed by atoms with E-state index >= 15 is 0 Å². The molecule has 1 aliphatic heterocycles. The van der Waals surface area contributed by atoms with Gasteiger partial charge in [-0.15, -0.1) is 0 Å². The summed E-state index contributed by atoms with van der Waals surface area (Å²) in [6.07, 6.45) is 3.19. The molecule has 0 spiro atoms. The number of carboxylic acids is 1. The Labute approximate surface area is 109 Å². The van der Waals surface area contributed by atoms with E-state index in [2.05, 4.69) is 19.2 Å². The second kappa shape index (κ2) is 7.36. The third kappa shape index (κ3) is 4.29. The lowest BCUT2D eigenvalue weighted by atomic mass is 9.97. The molecule has 18 heavy (non-hydrogen) atoms. The maximum atomic E-state index is 11.9. The maximum Gasteiger partial charge on any atom is 0.306 e. The number of rotatable bonds is 6. The highest BCUT2D eigenvalue weighted by atomic mass is 16.4. The zero-order valence-corrected chi connectivity index (χ0v) is 11.3. The summed E-state index contributed by atoms with van der Waals surface area (Å²) < 4.78 is 0. The largest absolute Gasteiger partial charge is 0.481 e. The number of nitrogens with zero attached hydrogens (tertiary/aromatic N) is 1. The first-order valence-corrected chi connectivity index (χ1v) is 6.82. The lowest BCUT2D eigenvalue weighted by molar-refractivity contribution is -0.145. The third-order valence-corrected chi connectivity index (χ3v) is 3.72. The molecule has 1 fully saturated rings. The monoisotopic (exact) mass is 256 g/mol. The van der Waals surface area contributed by atoms with E-state index in [0.717, 1.165) is 12.8 Å². The summed E-state index contributed by atoms with van der Waals surface area (Å²) in [5.41, 5.74) is 0. The van der Waals surface area contributed by atoms with Crippen molar-refractivity contribution in [1.29, 1.82) is 0 Å². The third-order valence-electron chi connectivity index (χ3n) is 3.72. The van der Waals surface area contributed by atoms with Gasteiger partial charge < -0.3 is 15.3 Å². The number of hydrogen-bond acceptors (Lipinski definition) is 3. The van der Waals surface area contributed by atoms with Crippen molar-refractivity contribution >= 4 is 11.9 Å². The summed E-state index contributed by atoms with van der Waals surface area (Å²) >= 11 is 0. The Morgan fingerprint density at radius 2 is 1.83 bits per heavy atom. The molecule has 104 valence electrons. The van der Waals surface area contributed by atoms with Gasteiger partial charge in [-0.25, -0.2) is 0 Å². The van der Waals surface area contributed by atoms with Gasteiger partial charge in [0.2, 0.25) is 5.91 Å². The molecule has 0 atom stereocenters. The van der Waals surface area contributed by atoms with Crippen molar-refractivity contribution in [2.24, 2.45) is 5.92 Å². The molecule has 1 amide bonds. The lowest BCUT2D eigenvalue weighted by Crippen LogP contribution is -2.45. The number of piperidine rings is 1. The zero-order valence-electron chi connectivity index (χ0n) is 11.3. The van der Waals surface area contributed by atoms with Gasteiger partial charge in [-0.1, -0.05) is 13.8 Å². The molecule has 5 heteroatoms. The molecule has 1 heterocycles. The summed E-state index contributed by atoms with van der Waals surface area (Å²) in [6.45, 7) is 5.71. The highest BCUT2D eigenvalue weighted by Crippen LogP contribution is 2.17. The first-order valence-electron chi connectivity index (χ1n) is 6.82. The van der Waals surface area contributed by atoms with Crippen molar-refractivity contribution in [2.45, 2.75) is 45.6 Å². The lowest BCUT2D eigenvalue weighted by Gasteiger charge is -2.30. The van der Waals surface area contributed by atoms with Crippen LogP contribution in [0.5, 0.6) is 0 Å². The van der Waals surface area contributed by atoms with Crippen LogP contribution in [0.2, 0.25) is 0 Å². The summed E-state index contributed by atoms with van der Waals surface area (Å²) in [5, 5.41) is 12.1. The Hall–Kier alpha value is -1.10. The topological polar surface area (TPSA) is 69.6 Å². The van der Waals surface area contributed by atoms with Crippen LogP contribution >= 0.6 is 0 Å². The Morgan fingerprint density at radius 3 is 2.28 bits per heavy atom. The van der Waals surface area contributed by atoms with Gasteiger partial charge in [-0.3, -0.25) is 9.59 Å². The Balaban J connectivity index is 2.29. The Morgan fingerprint density at radius 1 is 1.28 bits per heavy atom. The molecular weight excluding hydrogens is 232 g/mol. The van der Waals surface area contributed by atoms with Crippen LogP contribution in [0, 0.1) is 5.92 Å². The van der Waals surface area contributed by atoms with Crippen LogP contribution in [0.15, 0.2) is 0 Å². The number of carboxylic acid groups (broad SMARTS) is 1. The molecule has 2 N–H and O–H groups in total. The van der Waals surface area contributed by atoms with E-state index in [9.17, 15) is 9.59 Å². The van der Waals surface area contributed by atoms with Crippen molar-refractivity contribution in [2.75, 3.05) is 19.6 Å². The SMILES string of the molecule is CCC(CC)NCC(=O)N1CCC(C(=O)O)CC1. The van der Waals surface area contributed by atoms with E-state index in [-0.39, 0.29) is 11.8 Å². The fourth-order valence-corrected chi connectivity index (χ4v) is 2.30. The molecule has 5 nitrogen and oxygen atoms in total. The van der Waals surface area contributed by atoms with Gasteiger partial charge in [0.25, 0.3) is 0 Å². The van der Waals surface area contributed by atoms with Crippen LogP contribution in [0.3, 0.4) is 0 Å². The number of likely N-dealkylation sites (tertiary alicyclic amines) is 1. The molecule has 0 aromatic carbocycles. The molecule has 0 saturated carbocycles. The second-order valence-corrected chi connectivity index (χ2v) is 4.89. The predicted molar refractivity (Wildman–Crippen MR) is 69.3 cm³/mol. The number of carbonyl (C=O) groups excluding carboxylic acids is 1. The minimum absolute atomic E-state index is 0.0886.